The Morgan fingerprint density at radius 3 is 2.59 bits per heavy atom. The predicted octanol–water partition coefficient (Wildman–Crippen LogP) is 4.83. The van der Waals surface area contributed by atoms with E-state index in [9.17, 15) is 4.79 Å². The lowest BCUT2D eigenvalue weighted by atomic mass is 10.1. The van der Waals surface area contributed by atoms with Crippen LogP contribution in [0.5, 0.6) is 0 Å². The van der Waals surface area contributed by atoms with Gasteiger partial charge in [-0.2, -0.15) is 0 Å². The number of benzene rings is 1. The maximum Gasteiger partial charge on any atom is 0.270 e. The number of rotatable bonds is 4. The van der Waals surface area contributed by atoms with Gasteiger partial charge >= 0.3 is 0 Å². The van der Waals surface area contributed by atoms with Gasteiger partial charge in [0.25, 0.3) is 5.91 Å². The zero-order valence-electron chi connectivity index (χ0n) is 15.3. The van der Waals surface area contributed by atoms with Crippen molar-refractivity contribution in [2.45, 2.75) is 44.6 Å². The van der Waals surface area contributed by atoms with E-state index in [0.717, 1.165) is 35.1 Å². The van der Waals surface area contributed by atoms with Gasteiger partial charge in [0, 0.05) is 29.5 Å². The molecule has 1 aromatic carbocycles. The second-order valence-electron chi connectivity index (χ2n) is 7.10. The van der Waals surface area contributed by atoms with Gasteiger partial charge in [-0.1, -0.05) is 43.9 Å². The molecule has 0 aliphatic heterocycles. The van der Waals surface area contributed by atoms with Crippen LogP contribution in [0.3, 0.4) is 0 Å². The first-order valence-electron chi connectivity index (χ1n) is 9.67. The third kappa shape index (κ3) is 4.25. The highest BCUT2D eigenvalue weighted by Crippen LogP contribution is 2.24. The molecule has 4 rings (SSSR count). The number of carbonyl (C=O) groups excluding carboxylic acids is 1. The van der Waals surface area contributed by atoms with Crippen LogP contribution in [0.2, 0.25) is 0 Å². The smallest absolute Gasteiger partial charge is 0.270 e. The molecule has 3 aromatic rings. The fourth-order valence-electron chi connectivity index (χ4n) is 3.68. The summed E-state index contributed by atoms with van der Waals surface area (Å²) in [5.41, 5.74) is 3.09. The minimum absolute atomic E-state index is 0.0957. The Kier molecular flexibility index (Phi) is 5.28. The Bertz CT molecular complexity index is 927. The van der Waals surface area contributed by atoms with Gasteiger partial charge in [0.15, 0.2) is 0 Å². The van der Waals surface area contributed by atoms with Crippen LogP contribution in [0.15, 0.2) is 54.9 Å². The number of nitrogens with one attached hydrogen (secondary N) is 2. The van der Waals surface area contributed by atoms with Crippen LogP contribution >= 0.6 is 0 Å². The van der Waals surface area contributed by atoms with Crippen LogP contribution in [-0.4, -0.2) is 21.9 Å². The van der Waals surface area contributed by atoms with E-state index in [4.69, 9.17) is 0 Å². The average Bonchev–Trinajstić information content (AvgIpc) is 2.97. The number of hydrogen-bond acceptors (Lipinski definition) is 4. The highest BCUT2D eigenvalue weighted by atomic mass is 16.1. The van der Waals surface area contributed by atoms with E-state index in [1.807, 2.05) is 36.4 Å². The molecule has 1 aliphatic rings. The number of anilines is 2. The van der Waals surface area contributed by atoms with Gasteiger partial charge < -0.3 is 10.6 Å². The number of para-hydroxylation sites is 1. The molecule has 2 aromatic heterocycles. The van der Waals surface area contributed by atoms with Crippen molar-refractivity contribution in [1.82, 2.24) is 15.3 Å². The largest absolute Gasteiger partial charge is 0.354 e. The maximum atomic E-state index is 12.6. The van der Waals surface area contributed by atoms with Crippen LogP contribution in [0, 0.1) is 0 Å². The van der Waals surface area contributed by atoms with Crippen LogP contribution in [0.1, 0.15) is 49.0 Å². The van der Waals surface area contributed by atoms with Crippen molar-refractivity contribution in [3.05, 3.63) is 60.6 Å². The first kappa shape index (κ1) is 17.5. The van der Waals surface area contributed by atoms with Crippen molar-refractivity contribution in [3.8, 4) is 0 Å². The van der Waals surface area contributed by atoms with Crippen LogP contribution in [-0.2, 0) is 0 Å². The minimum atomic E-state index is -0.0957. The van der Waals surface area contributed by atoms with E-state index in [0.29, 0.717) is 5.69 Å². The molecule has 5 nitrogen and oxygen atoms in total. The molecule has 2 heterocycles. The highest BCUT2D eigenvalue weighted by Gasteiger charge is 2.17. The number of carbonyl (C=O) groups is 1. The van der Waals surface area contributed by atoms with Gasteiger partial charge in [0.05, 0.1) is 11.2 Å². The second-order valence-corrected chi connectivity index (χ2v) is 7.10. The number of pyridine rings is 2. The molecular formula is C22H24N4O. The van der Waals surface area contributed by atoms with Crippen LogP contribution in [0.4, 0.5) is 11.4 Å². The highest BCUT2D eigenvalue weighted by molar-refractivity contribution is 5.95. The third-order valence-corrected chi connectivity index (χ3v) is 5.09. The fourth-order valence-corrected chi connectivity index (χ4v) is 3.68. The quantitative estimate of drug-likeness (QED) is 0.654. The van der Waals surface area contributed by atoms with Crippen molar-refractivity contribution in [2.24, 2.45) is 0 Å². The van der Waals surface area contributed by atoms with Crippen molar-refractivity contribution in [3.63, 3.8) is 0 Å². The van der Waals surface area contributed by atoms with Crippen molar-refractivity contribution < 1.29 is 4.79 Å². The summed E-state index contributed by atoms with van der Waals surface area (Å²) in [5, 5.41) is 7.60. The fraction of sp³-hybridized carbons (Fsp3) is 0.318. The Morgan fingerprint density at radius 1 is 0.926 bits per heavy atom. The number of hydrogen-bond donors (Lipinski definition) is 2. The summed E-state index contributed by atoms with van der Waals surface area (Å²) < 4.78 is 0. The van der Waals surface area contributed by atoms with Crippen molar-refractivity contribution in [2.75, 3.05) is 5.32 Å². The van der Waals surface area contributed by atoms with E-state index >= 15 is 0 Å². The molecular weight excluding hydrogens is 336 g/mol. The van der Waals surface area contributed by atoms with Gasteiger partial charge in [-0.05, 0) is 37.1 Å². The third-order valence-electron chi connectivity index (χ3n) is 5.09. The SMILES string of the molecule is O=C(NC1CCCCCC1)c1cc(Nc2cccc3cccnc23)ccn1. The lowest BCUT2D eigenvalue weighted by Crippen LogP contribution is -2.34. The Balaban J connectivity index is 1.51. The molecule has 5 heteroatoms. The molecule has 0 atom stereocenters. The van der Waals surface area contributed by atoms with E-state index in [2.05, 4.69) is 20.6 Å². The van der Waals surface area contributed by atoms with Gasteiger partial charge in [0.2, 0.25) is 0 Å². The first-order chi connectivity index (χ1) is 13.3. The zero-order chi connectivity index (χ0) is 18.5. The van der Waals surface area contributed by atoms with Crippen molar-refractivity contribution in [1.29, 1.82) is 0 Å². The van der Waals surface area contributed by atoms with Gasteiger partial charge in [-0.15, -0.1) is 0 Å². The topological polar surface area (TPSA) is 66.9 Å². The monoisotopic (exact) mass is 360 g/mol. The Labute approximate surface area is 159 Å². The van der Waals surface area contributed by atoms with E-state index < -0.39 is 0 Å². The number of aromatic nitrogens is 2. The summed E-state index contributed by atoms with van der Waals surface area (Å²) in [4.78, 5) is 21.4. The number of fused-ring (bicyclic) bond motifs is 1. The predicted molar refractivity (Wildman–Crippen MR) is 108 cm³/mol. The molecule has 0 bridgehead atoms. The molecule has 27 heavy (non-hydrogen) atoms. The molecule has 2 N–H and O–H groups in total. The Hall–Kier alpha value is -2.95. The molecule has 0 spiro atoms. The summed E-state index contributed by atoms with van der Waals surface area (Å²) in [6, 6.07) is 13.9. The summed E-state index contributed by atoms with van der Waals surface area (Å²) in [5.74, 6) is -0.0957. The second kappa shape index (κ2) is 8.16. The standard InChI is InChI=1S/C22H24N4O/c27-22(26-17-9-3-1-2-4-10-17)20-15-18(12-14-23-20)25-19-11-5-7-16-8-6-13-24-21(16)19/h5-8,11-15,17H,1-4,9-10H2,(H,23,25)(H,26,27). The van der Waals surface area contributed by atoms with Gasteiger partial charge in [-0.3, -0.25) is 14.8 Å². The summed E-state index contributed by atoms with van der Waals surface area (Å²) in [7, 11) is 0. The lowest BCUT2D eigenvalue weighted by molar-refractivity contribution is 0.0928. The molecule has 138 valence electrons. The molecule has 1 amide bonds. The van der Waals surface area contributed by atoms with E-state index in [-0.39, 0.29) is 11.9 Å². The molecule has 1 fully saturated rings. The first-order valence-corrected chi connectivity index (χ1v) is 9.67. The van der Waals surface area contributed by atoms with Gasteiger partial charge in [-0.25, -0.2) is 0 Å². The summed E-state index contributed by atoms with van der Waals surface area (Å²) >= 11 is 0. The molecule has 0 radical (unpaired) electrons. The summed E-state index contributed by atoms with van der Waals surface area (Å²) in [6.45, 7) is 0. The van der Waals surface area contributed by atoms with E-state index in [1.54, 1.807) is 18.5 Å². The molecule has 0 saturated heterocycles. The molecule has 1 aliphatic carbocycles. The summed E-state index contributed by atoms with van der Waals surface area (Å²) in [6.07, 6.45) is 10.5. The zero-order valence-corrected chi connectivity index (χ0v) is 15.3. The number of amides is 1. The normalized spacial score (nSPS) is 15.3. The number of nitrogens with zero attached hydrogens (tertiary/aromatic N) is 2. The average molecular weight is 360 g/mol. The minimum Gasteiger partial charge on any atom is -0.354 e. The van der Waals surface area contributed by atoms with Gasteiger partial charge in [0.1, 0.15) is 5.69 Å². The van der Waals surface area contributed by atoms with E-state index in [1.165, 1.54) is 25.7 Å². The Morgan fingerprint density at radius 2 is 1.74 bits per heavy atom. The van der Waals surface area contributed by atoms with Crippen LogP contribution < -0.4 is 10.6 Å². The van der Waals surface area contributed by atoms with Crippen molar-refractivity contribution >= 4 is 28.2 Å². The molecule has 1 saturated carbocycles. The lowest BCUT2D eigenvalue weighted by Gasteiger charge is -2.16. The molecule has 0 unspecified atom stereocenters. The maximum absolute atomic E-state index is 12.6. The van der Waals surface area contributed by atoms with Crippen LogP contribution in [0.25, 0.3) is 10.9 Å².